The van der Waals surface area contributed by atoms with Crippen LogP contribution in [0, 0.1) is 0 Å². The normalized spacial score (nSPS) is 23.5. The first-order chi connectivity index (χ1) is 9.01. The molecule has 1 saturated heterocycles. The second kappa shape index (κ2) is 7.62. The Hall–Kier alpha value is -0.910. The van der Waals surface area contributed by atoms with E-state index in [0.29, 0.717) is 0 Å². The summed E-state index contributed by atoms with van der Waals surface area (Å²) in [7, 11) is -3.46. The van der Waals surface area contributed by atoms with E-state index in [1.807, 2.05) is 6.92 Å². The summed E-state index contributed by atoms with van der Waals surface area (Å²) in [4.78, 5) is 0.241. The molecule has 0 aromatic heterocycles. The van der Waals surface area contributed by atoms with Crippen LogP contribution in [-0.2, 0) is 9.84 Å². The maximum Gasteiger partial charge on any atom is 0.180 e. The van der Waals surface area contributed by atoms with Crippen LogP contribution in [0.25, 0.3) is 0 Å². The molecular formula is C14H23NO3S. The van der Waals surface area contributed by atoms with Crippen molar-refractivity contribution in [1.29, 1.82) is 0 Å². The largest absolute Gasteiger partial charge is 0.390 e. The molecule has 19 heavy (non-hydrogen) atoms. The minimum absolute atomic E-state index is 0.108. The van der Waals surface area contributed by atoms with E-state index in [1.54, 1.807) is 37.3 Å². The van der Waals surface area contributed by atoms with E-state index in [0.717, 1.165) is 19.4 Å². The molecule has 5 heteroatoms. The lowest BCUT2D eigenvalue weighted by Gasteiger charge is -2.18. The highest BCUT2D eigenvalue weighted by molar-refractivity contribution is 7.95. The van der Waals surface area contributed by atoms with Gasteiger partial charge in [0.05, 0.1) is 16.8 Å². The SMILES string of the molecule is C\C=C/C=C(\C=C/C)S(=O)(=O)CC(O)C1CCCN1. The van der Waals surface area contributed by atoms with Crippen molar-refractivity contribution in [2.24, 2.45) is 0 Å². The van der Waals surface area contributed by atoms with Crippen molar-refractivity contribution in [2.75, 3.05) is 12.3 Å². The molecule has 0 radical (unpaired) electrons. The van der Waals surface area contributed by atoms with Gasteiger partial charge in [0.25, 0.3) is 0 Å². The van der Waals surface area contributed by atoms with Crippen LogP contribution < -0.4 is 5.32 Å². The van der Waals surface area contributed by atoms with E-state index >= 15 is 0 Å². The average molecular weight is 285 g/mol. The van der Waals surface area contributed by atoms with Crippen molar-refractivity contribution in [1.82, 2.24) is 5.32 Å². The van der Waals surface area contributed by atoms with Gasteiger partial charge < -0.3 is 10.4 Å². The van der Waals surface area contributed by atoms with Crippen LogP contribution in [0.5, 0.6) is 0 Å². The monoisotopic (exact) mass is 285 g/mol. The molecule has 0 aromatic carbocycles. The van der Waals surface area contributed by atoms with Crippen molar-refractivity contribution in [3.05, 3.63) is 35.3 Å². The smallest absolute Gasteiger partial charge is 0.180 e. The van der Waals surface area contributed by atoms with Crippen molar-refractivity contribution in [2.45, 2.75) is 38.8 Å². The van der Waals surface area contributed by atoms with E-state index in [4.69, 9.17) is 0 Å². The molecule has 0 aromatic rings. The van der Waals surface area contributed by atoms with Gasteiger partial charge in [-0.2, -0.15) is 0 Å². The minimum Gasteiger partial charge on any atom is -0.390 e. The van der Waals surface area contributed by atoms with E-state index in [1.165, 1.54) is 0 Å². The Kier molecular flexibility index (Phi) is 6.48. The Balaban J connectivity index is 2.82. The number of allylic oxidation sites excluding steroid dienone is 5. The van der Waals surface area contributed by atoms with Crippen LogP contribution in [0.4, 0.5) is 0 Å². The van der Waals surface area contributed by atoms with Crippen LogP contribution in [-0.4, -0.2) is 38.0 Å². The van der Waals surface area contributed by atoms with Crippen molar-refractivity contribution >= 4 is 9.84 Å². The number of nitrogens with one attached hydrogen (secondary N) is 1. The van der Waals surface area contributed by atoms with Crippen molar-refractivity contribution < 1.29 is 13.5 Å². The Morgan fingerprint density at radius 3 is 2.68 bits per heavy atom. The molecule has 2 atom stereocenters. The summed E-state index contributed by atoms with van der Waals surface area (Å²) in [6.07, 6.45) is 9.22. The molecule has 0 saturated carbocycles. The van der Waals surface area contributed by atoms with Gasteiger partial charge in [0.1, 0.15) is 0 Å². The average Bonchev–Trinajstić information content (AvgIpc) is 2.87. The molecular weight excluding hydrogens is 262 g/mol. The molecule has 1 aliphatic heterocycles. The lowest BCUT2D eigenvalue weighted by molar-refractivity contribution is 0.157. The predicted octanol–water partition coefficient (Wildman–Crippen LogP) is 1.55. The van der Waals surface area contributed by atoms with Crippen LogP contribution in [0.15, 0.2) is 35.3 Å². The summed E-state index contributed by atoms with van der Waals surface area (Å²) in [5.74, 6) is -0.238. The van der Waals surface area contributed by atoms with Gasteiger partial charge in [0.2, 0.25) is 0 Å². The van der Waals surface area contributed by atoms with Gasteiger partial charge in [-0.05, 0) is 45.4 Å². The van der Waals surface area contributed by atoms with Gasteiger partial charge in [-0.15, -0.1) is 0 Å². The zero-order valence-electron chi connectivity index (χ0n) is 11.5. The Labute approximate surface area is 115 Å². The van der Waals surface area contributed by atoms with Gasteiger partial charge in [-0.25, -0.2) is 8.42 Å². The second-order valence-corrected chi connectivity index (χ2v) is 6.68. The number of aliphatic hydroxyl groups excluding tert-OH is 1. The first-order valence-electron chi connectivity index (χ1n) is 6.61. The van der Waals surface area contributed by atoms with Gasteiger partial charge in [0.15, 0.2) is 9.84 Å². The molecule has 0 spiro atoms. The van der Waals surface area contributed by atoms with Crippen LogP contribution in [0.1, 0.15) is 26.7 Å². The zero-order valence-corrected chi connectivity index (χ0v) is 12.4. The lowest BCUT2D eigenvalue weighted by Crippen LogP contribution is -2.39. The Bertz CT molecular complexity index is 457. The molecule has 1 heterocycles. The highest BCUT2D eigenvalue weighted by atomic mass is 32.2. The number of sulfone groups is 1. The number of aliphatic hydroxyl groups is 1. The topological polar surface area (TPSA) is 66.4 Å². The highest BCUT2D eigenvalue weighted by Crippen LogP contribution is 2.16. The molecule has 0 aliphatic carbocycles. The Morgan fingerprint density at radius 1 is 1.42 bits per heavy atom. The standard InChI is InChI=1S/C14H23NO3S/c1-3-5-8-12(7-4-2)19(17,18)11-14(16)13-9-6-10-15-13/h3-5,7-8,13-16H,6,9-11H2,1-2H3/b5-3-,7-4-,12-8+. The second-order valence-electron chi connectivity index (χ2n) is 4.65. The van der Waals surface area contributed by atoms with Crippen molar-refractivity contribution in [3.63, 3.8) is 0 Å². The minimum atomic E-state index is -3.46. The van der Waals surface area contributed by atoms with Crippen LogP contribution >= 0.6 is 0 Å². The van der Waals surface area contributed by atoms with E-state index in [9.17, 15) is 13.5 Å². The van der Waals surface area contributed by atoms with Gasteiger partial charge >= 0.3 is 0 Å². The van der Waals surface area contributed by atoms with Gasteiger partial charge in [0, 0.05) is 6.04 Å². The summed E-state index contributed by atoms with van der Waals surface area (Å²) in [6.45, 7) is 4.44. The van der Waals surface area contributed by atoms with E-state index in [-0.39, 0.29) is 16.7 Å². The molecule has 4 nitrogen and oxygen atoms in total. The third kappa shape index (κ3) is 4.93. The molecule has 0 amide bonds. The number of hydrogen-bond donors (Lipinski definition) is 2. The maximum atomic E-state index is 12.3. The molecule has 0 bridgehead atoms. The fraction of sp³-hybridized carbons (Fsp3) is 0.571. The van der Waals surface area contributed by atoms with Crippen LogP contribution in [0.3, 0.4) is 0 Å². The number of rotatable bonds is 6. The maximum absolute atomic E-state index is 12.3. The fourth-order valence-corrected chi connectivity index (χ4v) is 3.60. The molecule has 108 valence electrons. The van der Waals surface area contributed by atoms with Crippen LogP contribution in [0.2, 0.25) is 0 Å². The third-order valence-electron chi connectivity index (χ3n) is 3.10. The van der Waals surface area contributed by atoms with Gasteiger partial charge in [-0.1, -0.05) is 18.2 Å². The first kappa shape index (κ1) is 16.1. The molecule has 1 rings (SSSR count). The molecule has 1 aliphatic rings. The molecule has 2 unspecified atom stereocenters. The summed E-state index contributed by atoms with van der Waals surface area (Å²) in [5, 5.41) is 13.1. The Morgan fingerprint density at radius 2 is 2.16 bits per heavy atom. The van der Waals surface area contributed by atoms with Crippen molar-refractivity contribution in [3.8, 4) is 0 Å². The van der Waals surface area contributed by atoms with E-state index < -0.39 is 15.9 Å². The third-order valence-corrected chi connectivity index (χ3v) is 4.87. The first-order valence-corrected chi connectivity index (χ1v) is 8.26. The predicted molar refractivity (Wildman–Crippen MR) is 78.5 cm³/mol. The van der Waals surface area contributed by atoms with Gasteiger partial charge in [-0.3, -0.25) is 0 Å². The lowest BCUT2D eigenvalue weighted by atomic mass is 10.1. The summed E-state index contributed by atoms with van der Waals surface area (Å²) >= 11 is 0. The summed E-state index contributed by atoms with van der Waals surface area (Å²) in [6, 6.07) is -0.108. The zero-order chi connectivity index (χ0) is 14.3. The fourth-order valence-electron chi connectivity index (χ4n) is 2.10. The molecule has 2 N–H and O–H groups in total. The number of hydrogen-bond acceptors (Lipinski definition) is 4. The van der Waals surface area contributed by atoms with E-state index in [2.05, 4.69) is 5.32 Å². The molecule has 1 fully saturated rings. The summed E-state index contributed by atoms with van der Waals surface area (Å²) in [5.41, 5.74) is 0. The quantitative estimate of drug-likeness (QED) is 0.727. The summed E-state index contributed by atoms with van der Waals surface area (Å²) < 4.78 is 24.5. The highest BCUT2D eigenvalue weighted by Gasteiger charge is 2.28.